The molecule has 0 bridgehead atoms. The minimum absolute atomic E-state index is 0.183. The molecule has 0 saturated heterocycles. The first-order chi connectivity index (χ1) is 14.6. The van der Waals surface area contributed by atoms with Gasteiger partial charge in [0.25, 0.3) is 6.47 Å². The van der Waals surface area contributed by atoms with E-state index in [1.807, 2.05) is 36.4 Å². The number of aromatic carboxylic acids is 1. The van der Waals surface area contributed by atoms with Crippen LogP contribution < -0.4 is 4.74 Å². The Hall–Kier alpha value is -3.45. The maximum absolute atomic E-state index is 11.9. The second-order valence-corrected chi connectivity index (χ2v) is 6.89. The van der Waals surface area contributed by atoms with Crippen LogP contribution in [0.25, 0.3) is 11.1 Å². The van der Waals surface area contributed by atoms with Crippen molar-refractivity contribution < 1.29 is 24.5 Å². The molecule has 156 valence electrons. The van der Waals surface area contributed by atoms with Gasteiger partial charge in [0.2, 0.25) is 5.88 Å². The van der Waals surface area contributed by atoms with E-state index >= 15 is 0 Å². The van der Waals surface area contributed by atoms with E-state index in [4.69, 9.17) is 4.74 Å². The fraction of sp³-hybridized carbons (Fsp3) is 0.261. The molecule has 3 aromatic rings. The van der Waals surface area contributed by atoms with Crippen molar-refractivity contribution in [2.24, 2.45) is 0 Å². The monoisotopic (exact) mass is 408 g/mol. The summed E-state index contributed by atoms with van der Waals surface area (Å²) in [4.78, 5) is 27.3. The number of unbranched alkanes of at least 4 members (excludes halogenated alkanes) is 1. The summed E-state index contributed by atoms with van der Waals surface area (Å²) in [6.45, 7) is 2.27. The molecule has 30 heavy (non-hydrogen) atoms. The summed E-state index contributed by atoms with van der Waals surface area (Å²) in [7, 11) is 0. The third-order valence-electron chi connectivity index (χ3n) is 4.87. The van der Waals surface area contributed by atoms with E-state index in [9.17, 15) is 19.8 Å². The van der Waals surface area contributed by atoms with Crippen molar-refractivity contribution in [1.29, 1.82) is 0 Å². The maximum Gasteiger partial charge on any atom is 0.336 e. The fourth-order valence-corrected chi connectivity index (χ4v) is 3.42. The number of hydrogen-bond acceptors (Lipinski definition) is 5. The van der Waals surface area contributed by atoms with Gasteiger partial charge in [0.15, 0.2) is 0 Å². The first kappa shape index (κ1) is 21.3. The average Bonchev–Trinajstić information content (AvgIpc) is 3.09. The second-order valence-electron chi connectivity index (χ2n) is 6.89. The molecule has 1 heterocycles. The SMILES string of the molecule is CCCCc1nc(CO)c(OC=O)n1Cc1ccc(-c2ccccc2)c(C(=O)O)c1. The number of carboxylic acids is 1. The van der Waals surface area contributed by atoms with Gasteiger partial charge >= 0.3 is 5.97 Å². The summed E-state index contributed by atoms with van der Waals surface area (Å²) in [6, 6.07) is 14.6. The lowest BCUT2D eigenvalue weighted by Gasteiger charge is -2.13. The van der Waals surface area contributed by atoms with E-state index in [2.05, 4.69) is 11.9 Å². The number of aryl methyl sites for hydroxylation is 1. The number of aliphatic hydroxyl groups is 1. The molecule has 2 N–H and O–H groups in total. The Bertz CT molecular complexity index is 1030. The van der Waals surface area contributed by atoms with Gasteiger partial charge in [0.05, 0.1) is 18.7 Å². The van der Waals surface area contributed by atoms with Crippen molar-refractivity contribution in [3.8, 4) is 17.0 Å². The molecule has 7 nitrogen and oxygen atoms in total. The van der Waals surface area contributed by atoms with Gasteiger partial charge in [0.1, 0.15) is 11.5 Å². The van der Waals surface area contributed by atoms with E-state index in [0.29, 0.717) is 24.3 Å². The third-order valence-corrected chi connectivity index (χ3v) is 4.87. The lowest BCUT2D eigenvalue weighted by atomic mass is 9.97. The number of rotatable bonds is 10. The van der Waals surface area contributed by atoms with Gasteiger partial charge in [-0.15, -0.1) is 0 Å². The van der Waals surface area contributed by atoms with Crippen LogP contribution in [0.3, 0.4) is 0 Å². The normalized spacial score (nSPS) is 10.7. The Kier molecular flexibility index (Phi) is 6.98. The van der Waals surface area contributed by atoms with Crippen molar-refractivity contribution in [2.45, 2.75) is 39.3 Å². The smallest absolute Gasteiger partial charge is 0.336 e. The molecule has 0 fully saturated rings. The molecule has 0 aliphatic rings. The van der Waals surface area contributed by atoms with Crippen molar-refractivity contribution in [2.75, 3.05) is 0 Å². The molecular weight excluding hydrogens is 384 g/mol. The number of hydrogen-bond donors (Lipinski definition) is 2. The lowest BCUT2D eigenvalue weighted by molar-refractivity contribution is -0.121. The van der Waals surface area contributed by atoms with Gasteiger partial charge in [-0.3, -0.25) is 9.36 Å². The van der Waals surface area contributed by atoms with Crippen LogP contribution in [-0.2, 0) is 24.4 Å². The van der Waals surface area contributed by atoms with Gasteiger partial charge < -0.3 is 14.9 Å². The highest BCUT2D eigenvalue weighted by Gasteiger charge is 2.19. The number of carbonyl (C=O) groups is 2. The minimum Gasteiger partial charge on any atom is -0.478 e. The molecule has 3 rings (SSSR count). The molecule has 0 aliphatic carbocycles. The summed E-state index contributed by atoms with van der Waals surface area (Å²) in [5, 5.41) is 19.4. The van der Waals surface area contributed by atoms with Crippen molar-refractivity contribution >= 4 is 12.4 Å². The molecule has 0 unspecified atom stereocenters. The molecule has 0 aliphatic heterocycles. The zero-order valence-electron chi connectivity index (χ0n) is 16.7. The van der Waals surface area contributed by atoms with Crippen molar-refractivity contribution in [3.63, 3.8) is 0 Å². The molecule has 0 spiro atoms. The van der Waals surface area contributed by atoms with E-state index in [-0.39, 0.29) is 30.3 Å². The predicted molar refractivity (Wildman–Crippen MR) is 111 cm³/mol. The topological polar surface area (TPSA) is 102 Å². The van der Waals surface area contributed by atoms with Gasteiger partial charge in [-0.1, -0.05) is 55.8 Å². The molecular formula is C23H24N2O5. The highest BCUT2D eigenvalue weighted by atomic mass is 16.5. The lowest BCUT2D eigenvalue weighted by Crippen LogP contribution is -2.10. The fourth-order valence-electron chi connectivity index (χ4n) is 3.42. The van der Waals surface area contributed by atoms with Crippen LogP contribution in [-0.4, -0.2) is 32.2 Å². The van der Waals surface area contributed by atoms with Gasteiger partial charge in [0, 0.05) is 6.42 Å². The Morgan fingerprint density at radius 3 is 2.60 bits per heavy atom. The Morgan fingerprint density at radius 1 is 1.20 bits per heavy atom. The Morgan fingerprint density at radius 2 is 1.97 bits per heavy atom. The van der Waals surface area contributed by atoms with E-state index in [1.54, 1.807) is 16.7 Å². The number of aromatic nitrogens is 2. The molecule has 0 saturated carbocycles. The zero-order chi connectivity index (χ0) is 21.5. The van der Waals surface area contributed by atoms with Crippen LogP contribution in [0.5, 0.6) is 5.88 Å². The first-order valence-corrected chi connectivity index (χ1v) is 9.80. The maximum atomic E-state index is 11.9. The first-order valence-electron chi connectivity index (χ1n) is 9.80. The predicted octanol–water partition coefficient (Wildman–Crippen LogP) is 3.67. The molecule has 0 radical (unpaired) electrons. The molecule has 0 atom stereocenters. The second kappa shape index (κ2) is 9.84. The van der Waals surface area contributed by atoms with E-state index in [1.165, 1.54) is 0 Å². The van der Waals surface area contributed by atoms with E-state index in [0.717, 1.165) is 24.0 Å². The van der Waals surface area contributed by atoms with Crippen LogP contribution in [0.2, 0.25) is 0 Å². The third kappa shape index (κ3) is 4.58. The average molecular weight is 408 g/mol. The zero-order valence-corrected chi connectivity index (χ0v) is 16.7. The van der Waals surface area contributed by atoms with E-state index < -0.39 is 5.97 Å². The largest absolute Gasteiger partial charge is 0.478 e. The molecule has 2 aromatic carbocycles. The molecule has 0 amide bonds. The molecule has 1 aromatic heterocycles. The summed E-state index contributed by atoms with van der Waals surface area (Å²) in [5.74, 6) is -0.155. The summed E-state index contributed by atoms with van der Waals surface area (Å²) >= 11 is 0. The number of carboxylic acid groups (broad SMARTS) is 1. The number of benzene rings is 2. The van der Waals surface area contributed by atoms with Crippen LogP contribution in [0.4, 0.5) is 0 Å². The number of aliphatic hydroxyl groups excluding tert-OH is 1. The van der Waals surface area contributed by atoms with Crippen molar-refractivity contribution in [3.05, 3.63) is 71.2 Å². The highest BCUT2D eigenvalue weighted by Crippen LogP contribution is 2.28. The summed E-state index contributed by atoms with van der Waals surface area (Å²) in [6.07, 6.45) is 2.50. The molecule has 7 heteroatoms. The van der Waals surface area contributed by atoms with Crippen LogP contribution >= 0.6 is 0 Å². The highest BCUT2D eigenvalue weighted by molar-refractivity contribution is 5.96. The number of carbonyl (C=O) groups excluding carboxylic acids is 1. The van der Waals surface area contributed by atoms with Gasteiger partial charge in [-0.2, -0.15) is 0 Å². The summed E-state index contributed by atoms with van der Waals surface area (Å²) < 4.78 is 6.83. The standard InChI is InChI=1S/C23H24N2O5/c1-2-3-9-21-24-20(14-26)22(30-15-27)25(21)13-16-10-11-18(19(12-16)23(28)29)17-7-5-4-6-8-17/h4-8,10-12,15,26H,2-3,9,13-14H2,1H3,(H,28,29). The summed E-state index contributed by atoms with van der Waals surface area (Å²) in [5.41, 5.74) is 2.65. The Labute approximate surface area is 174 Å². The Balaban J connectivity index is 2.03. The van der Waals surface area contributed by atoms with Crippen LogP contribution in [0.15, 0.2) is 48.5 Å². The number of nitrogens with zero attached hydrogens (tertiary/aromatic N) is 2. The minimum atomic E-state index is -1.02. The number of ether oxygens (including phenoxy) is 1. The van der Waals surface area contributed by atoms with Crippen LogP contribution in [0.1, 0.15) is 47.2 Å². The quantitative estimate of drug-likeness (QED) is 0.497. The van der Waals surface area contributed by atoms with Gasteiger partial charge in [-0.25, -0.2) is 9.78 Å². The van der Waals surface area contributed by atoms with Crippen molar-refractivity contribution in [1.82, 2.24) is 9.55 Å². The number of imidazole rings is 1. The van der Waals surface area contributed by atoms with Gasteiger partial charge in [-0.05, 0) is 29.2 Å². The van der Waals surface area contributed by atoms with Crippen LogP contribution in [0, 0.1) is 0 Å².